The molecule has 3 aromatic rings. The minimum absolute atomic E-state index is 0.426. The molecule has 1 fully saturated rings. The summed E-state index contributed by atoms with van der Waals surface area (Å²) < 4.78 is 22.3. The number of ether oxygens (including phenoxy) is 4. The molecule has 0 atom stereocenters. The van der Waals surface area contributed by atoms with Gasteiger partial charge in [0, 0.05) is 24.3 Å². The topological polar surface area (TPSA) is 65.1 Å². The first-order chi connectivity index (χ1) is 16.7. The molecule has 0 bridgehead atoms. The van der Waals surface area contributed by atoms with Crippen LogP contribution in [0.25, 0.3) is 11.3 Å². The summed E-state index contributed by atoms with van der Waals surface area (Å²) in [5, 5.41) is 3.47. The van der Waals surface area contributed by atoms with E-state index in [4.69, 9.17) is 18.9 Å². The second kappa shape index (κ2) is 11.1. The Balaban J connectivity index is 1.69. The lowest BCUT2D eigenvalue weighted by Gasteiger charge is -2.37. The smallest absolute Gasteiger partial charge is 0.203 e. The van der Waals surface area contributed by atoms with E-state index in [1.54, 1.807) is 28.4 Å². The number of nitrogens with one attached hydrogen (secondary N) is 1. The van der Waals surface area contributed by atoms with Crippen molar-refractivity contribution in [2.24, 2.45) is 0 Å². The molecular weight excluding hydrogens is 430 g/mol. The van der Waals surface area contributed by atoms with Crippen LogP contribution in [0, 0.1) is 0 Å². The van der Waals surface area contributed by atoms with Crippen molar-refractivity contribution in [2.75, 3.05) is 46.4 Å². The molecule has 0 unspecified atom stereocenters. The maximum atomic E-state index is 5.71. The number of nitrogens with zero attached hydrogens (tertiary/aromatic N) is 2. The highest BCUT2D eigenvalue weighted by Gasteiger charge is 2.24. The van der Waals surface area contributed by atoms with Gasteiger partial charge in [-0.1, -0.05) is 12.1 Å². The van der Waals surface area contributed by atoms with E-state index in [0.29, 0.717) is 23.3 Å². The minimum Gasteiger partial charge on any atom is -0.495 e. The average Bonchev–Trinajstić information content (AvgIpc) is 2.91. The van der Waals surface area contributed by atoms with Crippen molar-refractivity contribution in [1.29, 1.82) is 0 Å². The third-order valence-electron chi connectivity index (χ3n) is 6.28. The molecule has 0 aliphatic carbocycles. The molecule has 1 N–H and O–H groups in total. The van der Waals surface area contributed by atoms with Crippen molar-refractivity contribution in [3.05, 3.63) is 60.3 Å². The van der Waals surface area contributed by atoms with Crippen LogP contribution in [-0.4, -0.2) is 52.6 Å². The van der Waals surface area contributed by atoms with Gasteiger partial charge in [-0.2, -0.15) is 0 Å². The number of hydrogen-bond donors (Lipinski definition) is 1. The summed E-state index contributed by atoms with van der Waals surface area (Å²) in [4.78, 5) is 7.10. The third kappa shape index (κ3) is 5.04. The maximum absolute atomic E-state index is 5.71. The largest absolute Gasteiger partial charge is 0.495 e. The van der Waals surface area contributed by atoms with Crippen LogP contribution in [-0.2, 0) is 6.54 Å². The minimum atomic E-state index is 0.426. The van der Waals surface area contributed by atoms with Gasteiger partial charge in [0.05, 0.1) is 39.8 Å². The van der Waals surface area contributed by atoms with Gasteiger partial charge >= 0.3 is 0 Å². The first-order valence-electron chi connectivity index (χ1n) is 11.5. The van der Waals surface area contributed by atoms with Crippen LogP contribution in [0.15, 0.2) is 54.7 Å². The van der Waals surface area contributed by atoms with Crippen LogP contribution < -0.4 is 29.2 Å². The zero-order chi connectivity index (χ0) is 23.9. The van der Waals surface area contributed by atoms with Gasteiger partial charge in [-0.15, -0.1) is 0 Å². The van der Waals surface area contributed by atoms with E-state index in [-0.39, 0.29) is 0 Å². The molecule has 0 radical (unpaired) electrons. The number of methoxy groups -OCH3 is 4. The summed E-state index contributed by atoms with van der Waals surface area (Å²) >= 11 is 0. The Kier molecular flexibility index (Phi) is 7.75. The molecule has 0 amide bonds. The number of pyridine rings is 1. The molecule has 0 spiro atoms. The zero-order valence-corrected chi connectivity index (χ0v) is 20.3. The van der Waals surface area contributed by atoms with Crippen molar-refractivity contribution >= 4 is 5.69 Å². The number of hydrogen-bond acceptors (Lipinski definition) is 7. The van der Waals surface area contributed by atoms with Gasteiger partial charge < -0.3 is 29.2 Å². The highest BCUT2D eigenvalue weighted by Crippen LogP contribution is 2.41. The van der Waals surface area contributed by atoms with Crippen LogP contribution in [0.4, 0.5) is 5.69 Å². The molecule has 2 aromatic carbocycles. The average molecular weight is 464 g/mol. The molecule has 1 aromatic heterocycles. The van der Waals surface area contributed by atoms with Crippen molar-refractivity contribution < 1.29 is 18.9 Å². The molecule has 1 aliphatic heterocycles. The van der Waals surface area contributed by atoms with Crippen molar-refractivity contribution in [1.82, 2.24) is 10.3 Å². The summed E-state index contributed by atoms with van der Waals surface area (Å²) in [5.41, 5.74) is 4.04. The van der Waals surface area contributed by atoms with Gasteiger partial charge in [0.25, 0.3) is 0 Å². The van der Waals surface area contributed by atoms with Gasteiger partial charge in [-0.3, -0.25) is 4.98 Å². The number of para-hydroxylation sites is 2. The highest BCUT2D eigenvalue weighted by atomic mass is 16.5. The third-order valence-corrected chi connectivity index (χ3v) is 6.28. The second-order valence-corrected chi connectivity index (χ2v) is 8.24. The van der Waals surface area contributed by atoms with E-state index >= 15 is 0 Å². The van der Waals surface area contributed by atoms with Crippen molar-refractivity contribution in [3.63, 3.8) is 0 Å². The van der Waals surface area contributed by atoms with E-state index in [9.17, 15) is 0 Å². The van der Waals surface area contributed by atoms with Crippen LogP contribution >= 0.6 is 0 Å². The Hall–Kier alpha value is -3.45. The van der Waals surface area contributed by atoms with E-state index in [2.05, 4.69) is 39.5 Å². The Labute approximate surface area is 201 Å². The molecule has 34 heavy (non-hydrogen) atoms. The van der Waals surface area contributed by atoms with Gasteiger partial charge in [0.2, 0.25) is 5.75 Å². The zero-order valence-electron chi connectivity index (χ0n) is 20.3. The molecule has 1 saturated heterocycles. The number of anilines is 1. The highest BCUT2D eigenvalue weighted by molar-refractivity contribution is 5.69. The number of benzene rings is 2. The lowest BCUT2D eigenvalue weighted by molar-refractivity contribution is 0.324. The second-order valence-electron chi connectivity index (χ2n) is 8.24. The lowest BCUT2D eigenvalue weighted by atomic mass is 10.0. The molecule has 2 heterocycles. The summed E-state index contributed by atoms with van der Waals surface area (Å²) in [6.07, 6.45) is 4.03. The predicted octanol–water partition coefficient (Wildman–Crippen LogP) is 4.54. The molecular formula is C27H33N3O4. The van der Waals surface area contributed by atoms with E-state index in [1.165, 1.54) is 5.56 Å². The van der Waals surface area contributed by atoms with Gasteiger partial charge in [0.1, 0.15) is 5.75 Å². The number of aromatic nitrogens is 1. The van der Waals surface area contributed by atoms with Crippen LogP contribution in [0.1, 0.15) is 18.4 Å². The normalized spacial score (nSPS) is 13.9. The molecule has 7 heteroatoms. The van der Waals surface area contributed by atoms with Gasteiger partial charge in [-0.05, 0) is 67.9 Å². The monoisotopic (exact) mass is 463 g/mol. The summed E-state index contributed by atoms with van der Waals surface area (Å²) in [6, 6.07) is 16.7. The van der Waals surface area contributed by atoms with Crippen LogP contribution in [0.5, 0.6) is 23.0 Å². The Morgan fingerprint density at radius 1 is 0.853 bits per heavy atom. The Morgan fingerprint density at radius 3 is 2.18 bits per heavy atom. The summed E-state index contributed by atoms with van der Waals surface area (Å²) in [7, 11) is 6.57. The fourth-order valence-electron chi connectivity index (χ4n) is 4.55. The van der Waals surface area contributed by atoms with Crippen LogP contribution in [0.2, 0.25) is 0 Å². The fraction of sp³-hybridized carbons (Fsp3) is 0.370. The Morgan fingerprint density at radius 2 is 1.53 bits per heavy atom. The lowest BCUT2D eigenvalue weighted by Crippen LogP contribution is -2.43. The first kappa shape index (κ1) is 23.7. The molecule has 4 rings (SSSR count). The van der Waals surface area contributed by atoms with Gasteiger partial charge in [0.15, 0.2) is 11.5 Å². The number of piperidine rings is 1. The molecule has 1 aliphatic rings. The van der Waals surface area contributed by atoms with Gasteiger partial charge in [-0.25, -0.2) is 0 Å². The van der Waals surface area contributed by atoms with E-state index < -0.39 is 0 Å². The molecule has 0 saturated carbocycles. The summed E-state index contributed by atoms with van der Waals surface area (Å²) in [6.45, 7) is 2.79. The SMILES string of the molecule is COc1ccccc1N(Cc1ccnc(-c2cc(OC)c(OC)c(OC)c2)c1)C1CCNCC1. The fourth-order valence-corrected chi connectivity index (χ4v) is 4.55. The van der Waals surface area contributed by atoms with Crippen molar-refractivity contribution in [2.45, 2.75) is 25.4 Å². The van der Waals surface area contributed by atoms with Crippen molar-refractivity contribution in [3.8, 4) is 34.3 Å². The first-order valence-corrected chi connectivity index (χ1v) is 11.5. The van der Waals surface area contributed by atoms with E-state index in [0.717, 1.165) is 55.2 Å². The molecule has 180 valence electrons. The van der Waals surface area contributed by atoms with Crippen LogP contribution in [0.3, 0.4) is 0 Å². The molecule has 7 nitrogen and oxygen atoms in total. The quantitative estimate of drug-likeness (QED) is 0.500. The standard InChI is InChI=1S/C27H33N3O4/c1-31-24-8-6-5-7-23(24)30(21-10-12-28-13-11-21)18-19-9-14-29-22(15-19)20-16-25(32-2)27(34-4)26(17-20)33-3/h5-9,14-17,21,28H,10-13,18H2,1-4H3. The number of rotatable bonds is 9. The Bertz CT molecular complexity index is 1070. The summed E-state index contributed by atoms with van der Waals surface area (Å²) in [5.74, 6) is 2.67. The van der Waals surface area contributed by atoms with E-state index in [1.807, 2.05) is 30.5 Å². The maximum Gasteiger partial charge on any atom is 0.203 e. The predicted molar refractivity (Wildman–Crippen MR) is 134 cm³/mol.